The van der Waals surface area contributed by atoms with Crippen molar-refractivity contribution in [1.82, 2.24) is 5.32 Å². The Labute approximate surface area is 178 Å². The molecule has 0 aliphatic rings. The van der Waals surface area contributed by atoms with Crippen molar-refractivity contribution in [2.75, 3.05) is 4.72 Å². The van der Waals surface area contributed by atoms with Gasteiger partial charge in [0.1, 0.15) is 0 Å². The molecule has 0 aromatic heterocycles. The molecule has 0 heterocycles. The maximum Gasteiger partial charge on any atom is 0.261 e. The molecular formula is C24H26N2O3S. The Hall–Kier alpha value is -3.12. The minimum Gasteiger partial charge on any atom is -0.345 e. The molecule has 3 aromatic rings. The first kappa shape index (κ1) is 21.6. The number of carbonyl (C=O) groups excluding carboxylic acids is 1. The zero-order valence-electron chi connectivity index (χ0n) is 17.6. The third-order valence-corrected chi connectivity index (χ3v) is 6.37. The van der Waals surface area contributed by atoms with Gasteiger partial charge in [-0.3, -0.25) is 9.52 Å². The maximum atomic E-state index is 12.9. The van der Waals surface area contributed by atoms with Crippen LogP contribution in [0, 0.1) is 20.8 Å². The van der Waals surface area contributed by atoms with Crippen molar-refractivity contribution in [3.8, 4) is 0 Å². The molecule has 1 atom stereocenters. The molecule has 6 heteroatoms. The van der Waals surface area contributed by atoms with E-state index >= 15 is 0 Å². The highest BCUT2D eigenvalue weighted by molar-refractivity contribution is 7.92. The van der Waals surface area contributed by atoms with Gasteiger partial charge in [0.05, 0.1) is 22.2 Å². The highest BCUT2D eigenvalue weighted by Gasteiger charge is 2.20. The van der Waals surface area contributed by atoms with E-state index < -0.39 is 10.0 Å². The van der Waals surface area contributed by atoms with Crippen LogP contribution in [0.25, 0.3) is 0 Å². The first-order valence-electron chi connectivity index (χ1n) is 9.74. The molecule has 30 heavy (non-hydrogen) atoms. The van der Waals surface area contributed by atoms with Crippen LogP contribution in [0.3, 0.4) is 0 Å². The van der Waals surface area contributed by atoms with Gasteiger partial charge in [0.2, 0.25) is 0 Å². The molecule has 0 saturated carbocycles. The normalized spacial score (nSPS) is 12.3. The van der Waals surface area contributed by atoms with E-state index in [4.69, 9.17) is 0 Å². The topological polar surface area (TPSA) is 75.3 Å². The molecule has 0 bridgehead atoms. The zero-order valence-corrected chi connectivity index (χ0v) is 18.4. The average molecular weight is 423 g/mol. The van der Waals surface area contributed by atoms with Gasteiger partial charge in [0, 0.05) is 0 Å². The second-order valence-electron chi connectivity index (χ2n) is 7.52. The standard InChI is InChI=1S/C24H26N2O3S/c1-16-9-12-20(13-10-16)30(28,29)26-23-8-6-5-7-22(23)24(27)25-19(4)21-14-11-17(2)15-18(21)3/h5-15,19,26H,1-4H3,(H,25,27)/t19-/m1/s1. The van der Waals surface area contributed by atoms with Gasteiger partial charge in [0.15, 0.2) is 0 Å². The van der Waals surface area contributed by atoms with Crippen LogP contribution in [0.5, 0.6) is 0 Å². The molecule has 0 aliphatic heterocycles. The van der Waals surface area contributed by atoms with Crippen LogP contribution in [-0.4, -0.2) is 14.3 Å². The molecule has 0 radical (unpaired) electrons. The SMILES string of the molecule is Cc1ccc(S(=O)(=O)Nc2ccccc2C(=O)N[C@H](C)c2ccc(C)cc2C)cc1. The molecule has 2 N–H and O–H groups in total. The molecule has 3 aromatic carbocycles. The van der Waals surface area contributed by atoms with Gasteiger partial charge in [-0.2, -0.15) is 0 Å². The van der Waals surface area contributed by atoms with Crippen molar-refractivity contribution in [2.24, 2.45) is 0 Å². The third-order valence-electron chi connectivity index (χ3n) is 4.99. The Morgan fingerprint density at radius 3 is 2.17 bits per heavy atom. The summed E-state index contributed by atoms with van der Waals surface area (Å²) in [5.74, 6) is -0.343. The fourth-order valence-corrected chi connectivity index (χ4v) is 4.43. The number of para-hydroxylation sites is 1. The number of aryl methyl sites for hydroxylation is 3. The van der Waals surface area contributed by atoms with Gasteiger partial charge in [-0.15, -0.1) is 0 Å². The number of anilines is 1. The summed E-state index contributed by atoms with van der Waals surface area (Å²) in [4.78, 5) is 13.1. The van der Waals surface area contributed by atoms with E-state index in [1.807, 2.05) is 39.8 Å². The van der Waals surface area contributed by atoms with E-state index in [0.717, 1.165) is 22.3 Å². The van der Waals surface area contributed by atoms with Crippen LogP contribution < -0.4 is 10.0 Å². The summed E-state index contributed by atoms with van der Waals surface area (Å²) in [6.45, 7) is 7.83. The third kappa shape index (κ3) is 4.89. The predicted molar refractivity (Wildman–Crippen MR) is 120 cm³/mol. The summed E-state index contributed by atoms with van der Waals surface area (Å²) in [6.07, 6.45) is 0. The number of carbonyl (C=O) groups is 1. The van der Waals surface area contributed by atoms with E-state index in [0.29, 0.717) is 0 Å². The maximum absolute atomic E-state index is 12.9. The number of hydrogen-bond acceptors (Lipinski definition) is 3. The average Bonchev–Trinajstić information content (AvgIpc) is 2.68. The fraction of sp³-hybridized carbons (Fsp3) is 0.208. The number of rotatable bonds is 6. The van der Waals surface area contributed by atoms with Crippen LogP contribution in [-0.2, 0) is 10.0 Å². The molecule has 0 fully saturated rings. The Morgan fingerprint density at radius 2 is 1.50 bits per heavy atom. The molecule has 3 rings (SSSR count). The molecule has 0 aliphatic carbocycles. The van der Waals surface area contributed by atoms with E-state index in [1.54, 1.807) is 48.5 Å². The molecular weight excluding hydrogens is 396 g/mol. The van der Waals surface area contributed by atoms with E-state index in [1.165, 1.54) is 0 Å². The molecule has 5 nitrogen and oxygen atoms in total. The lowest BCUT2D eigenvalue weighted by Crippen LogP contribution is -2.28. The lowest BCUT2D eigenvalue weighted by Gasteiger charge is -2.19. The number of amides is 1. The van der Waals surface area contributed by atoms with E-state index in [9.17, 15) is 13.2 Å². The van der Waals surface area contributed by atoms with Crippen LogP contribution in [0.1, 0.15) is 45.6 Å². The number of nitrogens with one attached hydrogen (secondary N) is 2. The molecule has 1 amide bonds. The van der Waals surface area contributed by atoms with Gasteiger partial charge in [-0.1, -0.05) is 53.6 Å². The number of benzene rings is 3. The van der Waals surface area contributed by atoms with Crippen LogP contribution >= 0.6 is 0 Å². The quantitative estimate of drug-likeness (QED) is 0.593. The first-order chi connectivity index (χ1) is 14.2. The Morgan fingerprint density at radius 1 is 0.867 bits per heavy atom. The summed E-state index contributed by atoms with van der Waals surface area (Å²) < 4.78 is 28.1. The Balaban J connectivity index is 1.83. The molecule has 0 unspecified atom stereocenters. The zero-order chi connectivity index (χ0) is 21.9. The highest BCUT2D eigenvalue weighted by Crippen LogP contribution is 2.23. The monoisotopic (exact) mass is 422 g/mol. The Kier molecular flexibility index (Phi) is 6.27. The minimum atomic E-state index is -3.81. The Bertz CT molecular complexity index is 1170. The smallest absolute Gasteiger partial charge is 0.261 e. The minimum absolute atomic E-state index is 0.145. The van der Waals surface area contributed by atoms with Gasteiger partial charge in [0.25, 0.3) is 15.9 Å². The van der Waals surface area contributed by atoms with Crippen LogP contribution in [0.15, 0.2) is 71.6 Å². The van der Waals surface area contributed by atoms with Crippen molar-refractivity contribution in [3.05, 3.63) is 94.5 Å². The molecule has 0 spiro atoms. The summed E-state index contributed by atoms with van der Waals surface area (Å²) >= 11 is 0. The predicted octanol–water partition coefficient (Wildman–Crippen LogP) is 4.90. The lowest BCUT2D eigenvalue weighted by molar-refractivity contribution is 0.0940. The van der Waals surface area contributed by atoms with Gasteiger partial charge >= 0.3 is 0 Å². The van der Waals surface area contributed by atoms with Crippen LogP contribution in [0.4, 0.5) is 5.69 Å². The van der Waals surface area contributed by atoms with Crippen molar-refractivity contribution >= 4 is 21.6 Å². The summed E-state index contributed by atoms with van der Waals surface area (Å²) in [6, 6.07) is 19.0. The van der Waals surface area contributed by atoms with E-state index in [2.05, 4.69) is 16.1 Å². The van der Waals surface area contributed by atoms with Crippen LogP contribution in [0.2, 0.25) is 0 Å². The van der Waals surface area contributed by atoms with Gasteiger partial charge < -0.3 is 5.32 Å². The first-order valence-corrected chi connectivity index (χ1v) is 11.2. The van der Waals surface area contributed by atoms with Crippen molar-refractivity contribution in [1.29, 1.82) is 0 Å². The largest absolute Gasteiger partial charge is 0.345 e. The lowest BCUT2D eigenvalue weighted by atomic mass is 10.00. The summed E-state index contributed by atoms with van der Waals surface area (Å²) in [7, 11) is -3.81. The summed E-state index contributed by atoms with van der Waals surface area (Å²) in [5, 5.41) is 2.97. The molecule has 0 saturated heterocycles. The second kappa shape index (κ2) is 8.71. The summed E-state index contributed by atoms with van der Waals surface area (Å²) in [5.41, 5.74) is 4.75. The van der Waals surface area contributed by atoms with E-state index in [-0.39, 0.29) is 28.1 Å². The number of sulfonamides is 1. The van der Waals surface area contributed by atoms with Gasteiger partial charge in [-0.25, -0.2) is 8.42 Å². The van der Waals surface area contributed by atoms with Crippen molar-refractivity contribution in [3.63, 3.8) is 0 Å². The second-order valence-corrected chi connectivity index (χ2v) is 9.20. The van der Waals surface area contributed by atoms with Crippen molar-refractivity contribution in [2.45, 2.75) is 38.6 Å². The number of hydrogen-bond donors (Lipinski definition) is 2. The van der Waals surface area contributed by atoms with Crippen molar-refractivity contribution < 1.29 is 13.2 Å². The van der Waals surface area contributed by atoms with Gasteiger partial charge in [-0.05, 0) is 63.1 Å². The highest BCUT2D eigenvalue weighted by atomic mass is 32.2. The molecule has 156 valence electrons. The fourth-order valence-electron chi connectivity index (χ4n) is 3.35.